The molecule has 0 radical (unpaired) electrons. The molecule has 0 aromatic rings. The van der Waals surface area contributed by atoms with E-state index in [4.69, 9.17) is 18.5 Å². The lowest BCUT2D eigenvalue weighted by molar-refractivity contribution is -0.161. The molecule has 0 aliphatic rings. The average molecular weight is 800 g/mol. The summed E-state index contributed by atoms with van der Waals surface area (Å²) in [5.74, 6) is -0.824. The lowest BCUT2D eigenvalue weighted by atomic mass is 10.1. The van der Waals surface area contributed by atoms with Gasteiger partial charge in [-0.15, -0.1) is 0 Å². The van der Waals surface area contributed by atoms with Crippen molar-refractivity contribution in [3.63, 3.8) is 0 Å². The Bertz CT molecular complexity index is 996. The molecule has 9 nitrogen and oxygen atoms in total. The highest BCUT2D eigenvalue weighted by molar-refractivity contribution is 7.47. The number of unbranched alkanes of at least 4 members (excludes halogenated alkanes) is 22. The molecule has 0 aromatic heterocycles. The first kappa shape index (κ1) is 53.5. The topological polar surface area (TPSA) is 120 Å². The molecule has 55 heavy (non-hydrogen) atoms. The Morgan fingerprint density at radius 2 is 0.982 bits per heavy atom. The molecular weight excluding hydrogens is 713 g/mol. The van der Waals surface area contributed by atoms with Crippen LogP contribution in [-0.2, 0) is 32.7 Å². The number of hydrogen-bond acceptors (Lipinski definition) is 8. The first-order valence-corrected chi connectivity index (χ1v) is 24.0. The molecule has 0 spiro atoms. The Balaban J connectivity index is 4.41. The van der Waals surface area contributed by atoms with Gasteiger partial charge in [0.2, 0.25) is 0 Å². The maximum Gasteiger partial charge on any atom is 0.472 e. The summed E-state index contributed by atoms with van der Waals surface area (Å²) in [6.45, 7) is 10.1. The Hall–Kier alpha value is -1.51. The van der Waals surface area contributed by atoms with E-state index in [1.165, 1.54) is 89.9 Å². The van der Waals surface area contributed by atoms with E-state index in [2.05, 4.69) is 43.5 Å². The van der Waals surface area contributed by atoms with Crippen LogP contribution in [0.25, 0.3) is 0 Å². The van der Waals surface area contributed by atoms with Crippen LogP contribution in [-0.4, -0.2) is 54.8 Å². The third kappa shape index (κ3) is 41.9. The molecule has 0 saturated heterocycles. The maximum atomic E-state index is 12.7. The van der Waals surface area contributed by atoms with E-state index in [0.717, 1.165) is 70.6 Å². The average Bonchev–Trinajstić information content (AvgIpc) is 3.14. The molecule has 0 rings (SSSR count). The van der Waals surface area contributed by atoms with Crippen LogP contribution < -0.4 is 5.32 Å². The van der Waals surface area contributed by atoms with Crippen LogP contribution in [0.3, 0.4) is 0 Å². The Labute approximate surface area is 338 Å². The van der Waals surface area contributed by atoms with Gasteiger partial charge in [-0.1, -0.05) is 141 Å². The highest BCUT2D eigenvalue weighted by Crippen LogP contribution is 2.43. The monoisotopic (exact) mass is 800 g/mol. The van der Waals surface area contributed by atoms with Gasteiger partial charge in [-0.2, -0.15) is 0 Å². The first-order valence-electron chi connectivity index (χ1n) is 22.5. The molecule has 0 heterocycles. The van der Waals surface area contributed by atoms with E-state index in [9.17, 15) is 19.0 Å². The Morgan fingerprint density at radius 1 is 0.582 bits per heavy atom. The Morgan fingerprint density at radius 3 is 1.42 bits per heavy atom. The van der Waals surface area contributed by atoms with Crippen LogP contribution in [0, 0.1) is 0 Å². The van der Waals surface area contributed by atoms with E-state index >= 15 is 0 Å². The molecule has 2 unspecified atom stereocenters. The lowest BCUT2D eigenvalue weighted by Crippen LogP contribution is -2.37. The standard InChI is InChI=1S/C45H86NO8P/c1-6-8-10-12-14-16-18-20-22-24-26-28-30-32-34-36-43(47)51-40-42(41-53-55(49,50)52-39-38-46-45(3,4)5)54-44(48)37-35-33-31-29-27-25-23-21-19-17-15-13-11-9-7-2/h20-23,42,46H,6-19,24-41H2,1-5H3,(H,49,50)/b22-20-,23-21-. The van der Waals surface area contributed by atoms with Crippen LogP contribution >= 0.6 is 7.82 Å². The normalized spacial score (nSPS) is 13.8. The van der Waals surface area contributed by atoms with Crippen LogP contribution in [0.15, 0.2) is 24.3 Å². The second kappa shape index (κ2) is 38.0. The molecule has 0 saturated carbocycles. The number of phosphoric acid groups is 1. The summed E-state index contributed by atoms with van der Waals surface area (Å²) in [6.07, 6.45) is 39.2. The molecule has 324 valence electrons. The SMILES string of the molecule is CCCCCCCC/C=C\CCCCCCCC(=O)OCC(COP(=O)(O)OCCNC(C)(C)C)OC(=O)CCCCCCC/C=C\CCCCCCCC. The summed E-state index contributed by atoms with van der Waals surface area (Å²) in [6, 6.07) is 0. The van der Waals surface area contributed by atoms with Crippen molar-refractivity contribution in [1.82, 2.24) is 5.32 Å². The minimum absolute atomic E-state index is 0.0318. The van der Waals surface area contributed by atoms with Crippen LogP contribution in [0.5, 0.6) is 0 Å². The maximum absolute atomic E-state index is 12.7. The summed E-state index contributed by atoms with van der Waals surface area (Å²) < 4.78 is 33.7. The number of rotatable bonds is 40. The smallest absolute Gasteiger partial charge is 0.462 e. The van der Waals surface area contributed by atoms with Gasteiger partial charge in [-0.3, -0.25) is 18.6 Å². The largest absolute Gasteiger partial charge is 0.472 e. The molecular formula is C45H86NO8P. The van der Waals surface area contributed by atoms with Gasteiger partial charge in [-0.05, 0) is 85.0 Å². The summed E-state index contributed by atoms with van der Waals surface area (Å²) in [7, 11) is -4.40. The fourth-order valence-electron chi connectivity index (χ4n) is 6.10. The minimum Gasteiger partial charge on any atom is -0.462 e. The fourth-order valence-corrected chi connectivity index (χ4v) is 6.85. The van der Waals surface area contributed by atoms with E-state index in [1.54, 1.807) is 0 Å². The summed E-state index contributed by atoms with van der Waals surface area (Å²) >= 11 is 0. The number of carbonyl (C=O) groups excluding carboxylic acids is 2. The van der Waals surface area contributed by atoms with Gasteiger partial charge in [0.15, 0.2) is 6.10 Å². The number of phosphoric ester groups is 1. The van der Waals surface area contributed by atoms with Crippen molar-refractivity contribution < 1.29 is 37.6 Å². The number of allylic oxidation sites excluding steroid dienone is 4. The van der Waals surface area contributed by atoms with Gasteiger partial charge in [0.05, 0.1) is 13.2 Å². The lowest BCUT2D eigenvalue weighted by Gasteiger charge is -2.22. The molecule has 0 aromatic carbocycles. The molecule has 10 heteroatoms. The number of esters is 2. The molecule has 0 aliphatic carbocycles. The third-order valence-electron chi connectivity index (χ3n) is 9.45. The molecule has 0 amide bonds. The highest BCUT2D eigenvalue weighted by atomic mass is 31.2. The van der Waals surface area contributed by atoms with Crippen LogP contribution in [0.4, 0.5) is 0 Å². The summed E-state index contributed by atoms with van der Waals surface area (Å²) in [4.78, 5) is 35.4. The van der Waals surface area contributed by atoms with Gasteiger partial charge >= 0.3 is 19.8 Å². The van der Waals surface area contributed by atoms with Crippen molar-refractivity contribution in [2.45, 2.75) is 226 Å². The van der Waals surface area contributed by atoms with Crippen LogP contribution in [0.1, 0.15) is 214 Å². The van der Waals surface area contributed by atoms with Crippen molar-refractivity contribution >= 4 is 19.8 Å². The number of carbonyl (C=O) groups is 2. The van der Waals surface area contributed by atoms with E-state index in [0.29, 0.717) is 13.0 Å². The molecule has 2 atom stereocenters. The highest BCUT2D eigenvalue weighted by Gasteiger charge is 2.26. The zero-order valence-electron chi connectivity index (χ0n) is 36.3. The Kier molecular flexibility index (Phi) is 37.0. The van der Waals surface area contributed by atoms with Crippen molar-refractivity contribution in [2.24, 2.45) is 0 Å². The van der Waals surface area contributed by atoms with Crippen LogP contribution in [0.2, 0.25) is 0 Å². The third-order valence-corrected chi connectivity index (χ3v) is 10.4. The van der Waals surface area contributed by atoms with Gasteiger partial charge in [0.25, 0.3) is 0 Å². The molecule has 0 fully saturated rings. The fraction of sp³-hybridized carbons (Fsp3) is 0.867. The zero-order valence-corrected chi connectivity index (χ0v) is 37.2. The molecule has 2 N–H and O–H groups in total. The number of nitrogens with one attached hydrogen (secondary N) is 1. The quantitative estimate of drug-likeness (QED) is 0.0270. The second-order valence-electron chi connectivity index (χ2n) is 16.2. The number of hydrogen-bond donors (Lipinski definition) is 2. The van der Waals surface area contributed by atoms with Gasteiger partial charge < -0.3 is 19.7 Å². The minimum atomic E-state index is -4.40. The second-order valence-corrected chi connectivity index (χ2v) is 17.7. The number of ether oxygens (including phenoxy) is 2. The molecule has 0 aliphatic heterocycles. The zero-order chi connectivity index (χ0) is 40.7. The predicted molar refractivity (Wildman–Crippen MR) is 229 cm³/mol. The van der Waals surface area contributed by atoms with E-state index in [-0.39, 0.29) is 37.6 Å². The van der Waals surface area contributed by atoms with E-state index in [1.807, 2.05) is 20.8 Å². The molecule has 0 bridgehead atoms. The van der Waals surface area contributed by atoms with E-state index < -0.39 is 26.5 Å². The van der Waals surface area contributed by atoms with Crippen molar-refractivity contribution in [1.29, 1.82) is 0 Å². The summed E-state index contributed by atoms with van der Waals surface area (Å²) in [5, 5.41) is 3.17. The van der Waals surface area contributed by atoms with Gasteiger partial charge in [0, 0.05) is 24.9 Å². The van der Waals surface area contributed by atoms with Gasteiger partial charge in [-0.25, -0.2) is 4.57 Å². The first-order chi connectivity index (χ1) is 26.5. The van der Waals surface area contributed by atoms with Gasteiger partial charge in [0.1, 0.15) is 6.61 Å². The van der Waals surface area contributed by atoms with Crippen molar-refractivity contribution in [2.75, 3.05) is 26.4 Å². The van der Waals surface area contributed by atoms with Crippen molar-refractivity contribution in [3.8, 4) is 0 Å². The predicted octanol–water partition coefficient (Wildman–Crippen LogP) is 13.0. The van der Waals surface area contributed by atoms with Crippen molar-refractivity contribution in [3.05, 3.63) is 24.3 Å². The summed E-state index contributed by atoms with van der Waals surface area (Å²) in [5.41, 5.74) is -0.166.